The van der Waals surface area contributed by atoms with E-state index in [0.717, 1.165) is 24.1 Å². The van der Waals surface area contributed by atoms with Crippen LogP contribution in [0.1, 0.15) is 41.4 Å². The number of nitrogens with zero attached hydrogens (tertiary/aromatic N) is 6. The second-order valence-electron chi connectivity index (χ2n) is 10.1. The molecule has 11 heteroatoms. The Morgan fingerprint density at radius 1 is 1.15 bits per heavy atom. The van der Waals surface area contributed by atoms with E-state index < -0.39 is 5.44 Å². The minimum atomic E-state index is -0.856. The fraction of sp³-hybridized carbons (Fsp3) is 0.207. The number of hydrogen-bond donors (Lipinski definition) is 2. The number of hydrogen-bond acceptors (Lipinski definition) is 7. The fourth-order valence-corrected chi connectivity index (χ4v) is 5.12. The molecule has 1 unspecified atom stereocenters. The number of aromatic nitrogens is 5. The van der Waals surface area contributed by atoms with E-state index in [1.165, 1.54) is 18.3 Å². The number of fused-ring (bicyclic) bond motifs is 1. The number of pyridine rings is 2. The van der Waals surface area contributed by atoms with Crippen LogP contribution in [0.15, 0.2) is 73.2 Å². The first-order chi connectivity index (χ1) is 19.4. The highest BCUT2D eigenvalue weighted by molar-refractivity contribution is 6.36. The fourth-order valence-electron chi connectivity index (χ4n) is 4.85. The first-order valence-electron chi connectivity index (χ1n) is 13.1. The smallest absolute Gasteiger partial charge is 0.148 e. The third-order valence-electron chi connectivity index (χ3n) is 7.21. The summed E-state index contributed by atoms with van der Waals surface area (Å²) >= 11 is 6.75. The summed E-state index contributed by atoms with van der Waals surface area (Å²) in [6, 6.07) is 18.5. The molecule has 1 aliphatic rings. The van der Waals surface area contributed by atoms with Gasteiger partial charge >= 0.3 is 0 Å². The number of halogens is 2. The van der Waals surface area contributed by atoms with Crippen molar-refractivity contribution < 1.29 is 4.39 Å². The van der Waals surface area contributed by atoms with Crippen LogP contribution in [0.4, 0.5) is 15.8 Å². The van der Waals surface area contributed by atoms with Gasteiger partial charge in [0.1, 0.15) is 25.4 Å². The Morgan fingerprint density at radius 2 is 1.98 bits per heavy atom. The van der Waals surface area contributed by atoms with Crippen molar-refractivity contribution in [2.75, 3.05) is 17.2 Å². The molecule has 40 heavy (non-hydrogen) atoms. The average Bonchev–Trinajstić information content (AvgIpc) is 3.69. The summed E-state index contributed by atoms with van der Waals surface area (Å²) in [6.45, 7) is 0.567. The molecule has 1 atom stereocenters. The van der Waals surface area contributed by atoms with Gasteiger partial charge in [-0.3, -0.25) is 9.97 Å². The van der Waals surface area contributed by atoms with E-state index in [1.807, 2.05) is 43.0 Å². The Bertz CT molecular complexity index is 1720. The molecule has 8 nitrogen and oxygen atoms in total. The summed E-state index contributed by atoms with van der Waals surface area (Å²) in [5.74, 6) is -0.321. The molecule has 6 rings (SSSR count). The van der Waals surface area contributed by atoms with E-state index in [9.17, 15) is 9.65 Å². The second kappa shape index (κ2) is 10.6. The zero-order valence-electron chi connectivity index (χ0n) is 21.8. The first kappa shape index (κ1) is 25.8. The molecule has 0 aliphatic heterocycles. The van der Waals surface area contributed by atoms with Crippen molar-refractivity contribution in [3.63, 3.8) is 0 Å². The first-order valence-corrected chi connectivity index (χ1v) is 13.4. The normalized spacial score (nSPS) is 14.4. The summed E-state index contributed by atoms with van der Waals surface area (Å²) in [5, 5.41) is 26.8. The summed E-state index contributed by atoms with van der Waals surface area (Å²) in [5.41, 5.74) is 3.93. The lowest BCUT2D eigenvalue weighted by atomic mass is 9.69. The highest BCUT2D eigenvalue weighted by atomic mass is 35.5. The molecule has 3 heterocycles. The zero-order valence-corrected chi connectivity index (χ0v) is 22.5. The van der Waals surface area contributed by atoms with E-state index in [1.54, 1.807) is 24.4 Å². The lowest BCUT2D eigenvalue weighted by Gasteiger charge is -2.31. The van der Waals surface area contributed by atoms with Crippen molar-refractivity contribution in [1.29, 1.82) is 5.26 Å². The van der Waals surface area contributed by atoms with Gasteiger partial charge in [0.15, 0.2) is 0 Å². The van der Waals surface area contributed by atoms with Gasteiger partial charge in [0.2, 0.25) is 0 Å². The van der Waals surface area contributed by atoms with Crippen LogP contribution in [0.5, 0.6) is 0 Å². The summed E-state index contributed by atoms with van der Waals surface area (Å²) in [6.07, 6.45) is 8.07. The topological polar surface area (TPSA) is 104 Å². The SMILES string of the molecule is BC(Nc1cc(Cl)c2ncc(C#N)c(NCCc3ccccn3)c2c1)(c1ccc(F)cc1)c1cn(C2CC2)nn1. The highest BCUT2D eigenvalue weighted by Crippen LogP contribution is 2.38. The Hall–Kier alpha value is -4.49. The number of nitriles is 1. The summed E-state index contributed by atoms with van der Waals surface area (Å²) < 4.78 is 15.7. The molecule has 2 N–H and O–H groups in total. The summed E-state index contributed by atoms with van der Waals surface area (Å²) in [4.78, 5) is 8.85. The third-order valence-corrected chi connectivity index (χ3v) is 7.50. The largest absolute Gasteiger partial charge is 0.383 e. The van der Waals surface area contributed by atoms with E-state index >= 15 is 0 Å². The van der Waals surface area contributed by atoms with Crippen molar-refractivity contribution in [3.8, 4) is 6.07 Å². The van der Waals surface area contributed by atoms with E-state index in [-0.39, 0.29) is 5.82 Å². The van der Waals surface area contributed by atoms with E-state index in [0.29, 0.717) is 57.6 Å². The maximum Gasteiger partial charge on any atom is 0.148 e. The molecule has 0 spiro atoms. The van der Waals surface area contributed by atoms with Gasteiger partial charge in [0, 0.05) is 42.1 Å². The van der Waals surface area contributed by atoms with Gasteiger partial charge in [-0.05, 0) is 54.8 Å². The van der Waals surface area contributed by atoms with Gasteiger partial charge in [-0.2, -0.15) is 5.26 Å². The van der Waals surface area contributed by atoms with Gasteiger partial charge in [-0.15, -0.1) is 5.10 Å². The van der Waals surface area contributed by atoms with E-state index in [2.05, 4.69) is 37.0 Å². The molecule has 3 aromatic heterocycles. The van der Waals surface area contributed by atoms with Gasteiger partial charge in [0.05, 0.1) is 39.5 Å². The lowest BCUT2D eigenvalue weighted by Crippen LogP contribution is -2.37. The molecule has 0 bridgehead atoms. The highest BCUT2D eigenvalue weighted by Gasteiger charge is 2.34. The summed E-state index contributed by atoms with van der Waals surface area (Å²) in [7, 11) is 1.98. The minimum absolute atomic E-state index is 0.321. The maximum absolute atomic E-state index is 13.9. The van der Waals surface area contributed by atoms with Gasteiger partial charge < -0.3 is 10.6 Å². The lowest BCUT2D eigenvalue weighted by molar-refractivity contribution is 0.610. The molecular formula is C29H25BClFN8. The molecule has 1 fully saturated rings. The quantitative estimate of drug-likeness (QED) is 0.254. The van der Waals surface area contributed by atoms with Gasteiger partial charge in [-0.1, -0.05) is 35.0 Å². The van der Waals surface area contributed by atoms with Crippen LogP contribution in [0, 0.1) is 17.1 Å². The van der Waals surface area contributed by atoms with Gasteiger partial charge in [-0.25, -0.2) is 9.07 Å². The molecule has 0 amide bonds. The van der Waals surface area contributed by atoms with Crippen LogP contribution in [-0.4, -0.2) is 39.4 Å². The Balaban J connectivity index is 1.39. The van der Waals surface area contributed by atoms with Crippen molar-refractivity contribution in [1.82, 2.24) is 25.0 Å². The van der Waals surface area contributed by atoms with Crippen LogP contribution < -0.4 is 10.6 Å². The zero-order chi connectivity index (χ0) is 27.7. The maximum atomic E-state index is 13.9. The molecular weight excluding hydrogens is 526 g/mol. The number of rotatable bonds is 9. The van der Waals surface area contributed by atoms with Crippen LogP contribution in [0.3, 0.4) is 0 Å². The predicted molar refractivity (Wildman–Crippen MR) is 156 cm³/mol. The Labute approximate surface area is 236 Å². The standard InChI is InChI=1S/C29H25BClFN8/c30-29(19-4-6-20(32)7-5-19,26-17-40(39-38-26)23-8-9-23)37-22-13-24-27(35-12-10-21-3-1-2-11-34-21)18(15-33)16-36-28(24)25(31)14-22/h1-7,11,13-14,16-17,23,37H,8-10,12,30H2,(H,35,36). The number of benzene rings is 2. The molecule has 0 saturated heterocycles. The van der Waals surface area contributed by atoms with Crippen LogP contribution in [0.2, 0.25) is 5.02 Å². The van der Waals surface area contributed by atoms with E-state index in [4.69, 9.17) is 11.6 Å². The second-order valence-corrected chi connectivity index (χ2v) is 10.5. The van der Waals surface area contributed by atoms with Crippen molar-refractivity contribution >= 4 is 41.7 Å². The molecule has 1 saturated carbocycles. The average molecular weight is 551 g/mol. The Kier molecular flexibility index (Phi) is 6.82. The predicted octanol–water partition coefficient (Wildman–Crippen LogP) is 4.82. The van der Waals surface area contributed by atoms with Crippen LogP contribution in [0.25, 0.3) is 10.9 Å². The Morgan fingerprint density at radius 3 is 2.70 bits per heavy atom. The molecule has 2 aromatic carbocycles. The third kappa shape index (κ3) is 5.08. The molecule has 1 aliphatic carbocycles. The van der Waals surface area contributed by atoms with Crippen molar-refractivity contribution in [2.24, 2.45) is 0 Å². The number of nitrogens with one attached hydrogen (secondary N) is 2. The van der Waals surface area contributed by atoms with Crippen molar-refractivity contribution in [3.05, 3.63) is 107 Å². The van der Waals surface area contributed by atoms with Crippen LogP contribution in [-0.2, 0) is 11.9 Å². The monoisotopic (exact) mass is 550 g/mol. The van der Waals surface area contributed by atoms with Gasteiger partial charge in [0.25, 0.3) is 0 Å². The number of anilines is 2. The van der Waals surface area contributed by atoms with Crippen molar-refractivity contribution in [2.45, 2.75) is 30.7 Å². The molecule has 5 aromatic rings. The minimum Gasteiger partial charge on any atom is -0.383 e. The molecule has 0 radical (unpaired) electrons. The molecule has 198 valence electrons. The van der Waals surface area contributed by atoms with Crippen LogP contribution >= 0.6 is 11.6 Å².